The maximum absolute atomic E-state index is 11.2. The van der Waals surface area contributed by atoms with E-state index in [4.69, 9.17) is 4.74 Å². The number of carboxylic acids is 1. The third kappa shape index (κ3) is 3.16. The normalized spacial score (nSPS) is 26.1. The van der Waals surface area contributed by atoms with Crippen LogP contribution in [0.3, 0.4) is 0 Å². The van der Waals surface area contributed by atoms with Gasteiger partial charge in [0.25, 0.3) is 0 Å². The molecule has 0 spiro atoms. The Kier molecular flexibility index (Phi) is 3.68. The average Bonchev–Trinajstić information content (AvgIpc) is 2.27. The van der Waals surface area contributed by atoms with Crippen LogP contribution in [0.5, 0.6) is 0 Å². The van der Waals surface area contributed by atoms with Gasteiger partial charge in [-0.05, 0) is 45.6 Å². The van der Waals surface area contributed by atoms with Crippen LogP contribution in [0.25, 0.3) is 0 Å². The van der Waals surface area contributed by atoms with E-state index in [0.717, 1.165) is 12.0 Å². The van der Waals surface area contributed by atoms with E-state index in [9.17, 15) is 9.90 Å². The van der Waals surface area contributed by atoms with E-state index >= 15 is 0 Å². The Hall–Kier alpha value is -1.35. The minimum absolute atomic E-state index is 0.0584. The molecule has 1 aliphatic rings. The summed E-state index contributed by atoms with van der Waals surface area (Å²) in [4.78, 5) is 11.2. The van der Waals surface area contributed by atoms with Gasteiger partial charge in [-0.3, -0.25) is 0 Å². The Morgan fingerprint density at radius 1 is 1.32 bits per heavy atom. The fourth-order valence-electron chi connectivity index (χ4n) is 3.16. The molecule has 1 fully saturated rings. The molecule has 1 saturated heterocycles. The summed E-state index contributed by atoms with van der Waals surface area (Å²) in [6, 6.07) is 8.16. The second kappa shape index (κ2) is 4.97. The summed E-state index contributed by atoms with van der Waals surface area (Å²) in [5.41, 5.74) is 1.60. The first-order chi connectivity index (χ1) is 8.83. The van der Waals surface area contributed by atoms with Crippen molar-refractivity contribution in [2.24, 2.45) is 0 Å². The van der Waals surface area contributed by atoms with Crippen molar-refractivity contribution in [1.82, 2.24) is 0 Å². The van der Waals surface area contributed by atoms with E-state index in [1.165, 1.54) is 5.56 Å². The van der Waals surface area contributed by atoms with Gasteiger partial charge in [-0.1, -0.05) is 29.8 Å². The van der Waals surface area contributed by atoms with Crippen LogP contribution in [0.15, 0.2) is 24.3 Å². The Labute approximate surface area is 114 Å². The summed E-state index contributed by atoms with van der Waals surface area (Å²) in [5.74, 6) is -0.988. The van der Waals surface area contributed by atoms with Crippen LogP contribution in [0.2, 0.25) is 0 Å². The second-order valence-electron chi connectivity index (χ2n) is 6.23. The maximum Gasteiger partial charge on any atom is 0.0635 e. The average molecular weight is 261 g/mol. The van der Waals surface area contributed by atoms with Gasteiger partial charge < -0.3 is 14.6 Å². The molecule has 1 heterocycles. The van der Waals surface area contributed by atoms with Crippen molar-refractivity contribution in [3.8, 4) is 0 Å². The van der Waals surface area contributed by atoms with Crippen molar-refractivity contribution in [3.63, 3.8) is 0 Å². The Bertz CT molecular complexity index is 461. The van der Waals surface area contributed by atoms with Gasteiger partial charge in [0, 0.05) is 18.0 Å². The fraction of sp³-hybridized carbons (Fsp3) is 0.562. The van der Waals surface area contributed by atoms with Gasteiger partial charge in [0.1, 0.15) is 0 Å². The van der Waals surface area contributed by atoms with Crippen LogP contribution >= 0.6 is 0 Å². The van der Waals surface area contributed by atoms with E-state index in [1.807, 2.05) is 45.0 Å². The topological polar surface area (TPSA) is 49.4 Å². The van der Waals surface area contributed by atoms with Crippen LogP contribution < -0.4 is 5.11 Å². The quantitative estimate of drug-likeness (QED) is 0.835. The molecular weight excluding hydrogens is 240 g/mol. The van der Waals surface area contributed by atoms with E-state index in [0.29, 0.717) is 13.0 Å². The number of ether oxygens (including phenoxy) is 1. The molecule has 0 amide bonds. The van der Waals surface area contributed by atoms with Gasteiger partial charge in [-0.15, -0.1) is 0 Å². The number of hydrogen-bond donors (Lipinski definition) is 0. The number of carboxylic acid groups (broad SMARTS) is 1. The summed E-state index contributed by atoms with van der Waals surface area (Å²) >= 11 is 0. The first kappa shape index (κ1) is 14.1. The standard InChI is InChI=1S/C16H22O3/c1-12-4-6-13(7-5-12)16(10-14(17)18)8-9-19-15(2,3)11-16/h4-7H,8-11H2,1-3H3,(H,17,18)/p-1/t16-/m1/s1. The zero-order valence-electron chi connectivity index (χ0n) is 11.9. The highest BCUT2D eigenvalue weighted by Crippen LogP contribution is 2.43. The van der Waals surface area contributed by atoms with Crippen LogP contribution in [0.1, 0.15) is 44.2 Å². The summed E-state index contributed by atoms with van der Waals surface area (Å²) in [6.07, 6.45) is 1.49. The van der Waals surface area contributed by atoms with E-state index < -0.39 is 5.97 Å². The summed E-state index contributed by atoms with van der Waals surface area (Å²) < 4.78 is 5.73. The molecule has 0 saturated carbocycles. The number of aryl methyl sites for hydroxylation is 1. The van der Waals surface area contributed by atoms with Crippen molar-refractivity contribution in [1.29, 1.82) is 0 Å². The number of carbonyl (C=O) groups is 1. The summed E-state index contributed by atoms with van der Waals surface area (Å²) in [5, 5.41) is 11.2. The molecular formula is C16H21O3-. The number of hydrogen-bond acceptors (Lipinski definition) is 3. The Morgan fingerprint density at radius 2 is 1.95 bits per heavy atom. The SMILES string of the molecule is Cc1ccc([C@@]2(CC(=O)[O-])CCOC(C)(C)C2)cc1. The lowest BCUT2D eigenvalue weighted by atomic mass is 9.67. The van der Waals surface area contributed by atoms with E-state index in [2.05, 4.69) is 0 Å². The lowest BCUT2D eigenvalue weighted by Crippen LogP contribution is -2.47. The highest BCUT2D eigenvalue weighted by atomic mass is 16.5. The molecule has 1 atom stereocenters. The monoisotopic (exact) mass is 261 g/mol. The zero-order valence-corrected chi connectivity index (χ0v) is 11.9. The van der Waals surface area contributed by atoms with E-state index in [-0.39, 0.29) is 17.4 Å². The van der Waals surface area contributed by atoms with Crippen LogP contribution in [-0.2, 0) is 14.9 Å². The molecule has 0 aliphatic carbocycles. The molecule has 0 radical (unpaired) electrons. The molecule has 0 bridgehead atoms. The molecule has 2 rings (SSSR count). The van der Waals surface area contributed by atoms with Crippen molar-refractivity contribution in [2.75, 3.05) is 6.61 Å². The number of benzene rings is 1. The first-order valence-corrected chi connectivity index (χ1v) is 6.74. The smallest absolute Gasteiger partial charge is 0.0635 e. The minimum atomic E-state index is -0.988. The molecule has 0 unspecified atom stereocenters. The largest absolute Gasteiger partial charge is 0.550 e. The lowest BCUT2D eigenvalue weighted by molar-refractivity contribution is -0.308. The highest BCUT2D eigenvalue weighted by molar-refractivity contribution is 5.67. The van der Waals surface area contributed by atoms with Gasteiger partial charge in [0.05, 0.1) is 5.60 Å². The van der Waals surface area contributed by atoms with Gasteiger partial charge in [-0.2, -0.15) is 0 Å². The van der Waals surface area contributed by atoms with E-state index in [1.54, 1.807) is 0 Å². The molecule has 19 heavy (non-hydrogen) atoms. The van der Waals surface area contributed by atoms with Gasteiger partial charge in [0.2, 0.25) is 0 Å². The molecule has 0 N–H and O–H groups in total. The summed E-state index contributed by atoms with van der Waals surface area (Å²) in [6.45, 7) is 6.66. The predicted octanol–water partition coefficient (Wildman–Crippen LogP) is 1.96. The maximum atomic E-state index is 11.2. The number of aliphatic carboxylic acids is 1. The third-order valence-corrected chi connectivity index (χ3v) is 3.98. The fourth-order valence-corrected chi connectivity index (χ4v) is 3.16. The molecule has 3 nitrogen and oxygen atoms in total. The van der Waals surface area contributed by atoms with Crippen LogP contribution in [0, 0.1) is 6.92 Å². The molecule has 1 aliphatic heterocycles. The summed E-state index contributed by atoms with van der Waals surface area (Å²) in [7, 11) is 0. The molecule has 1 aromatic carbocycles. The first-order valence-electron chi connectivity index (χ1n) is 6.74. The Morgan fingerprint density at radius 3 is 2.47 bits per heavy atom. The third-order valence-electron chi connectivity index (χ3n) is 3.98. The van der Waals surface area contributed by atoms with Crippen LogP contribution in [-0.4, -0.2) is 18.2 Å². The van der Waals surface area contributed by atoms with Crippen LogP contribution in [0.4, 0.5) is 0 Å². The van der Waals surface area contributed by atoms with Gasteiger partial charge >= 0.3 is 0 Å². The number of carbonyl (C=O) groups excluding carboxylic acids is 1. The molecule has 104 valence electrons. The zero-order chi connectivity index (χ0) is 14.1. The predicted molar refractivity (Wildman–Crippen MR) is 71.7 cm³/mol. The molecule has 1 aromatic rings. The highest BCUT2D eigenvalue weighted by Gasteiger charge is 2.42. The van der Waals surface area contributed by atoms with Crippen molar-refractivity contribution in [2.45, 2.75) is 51.0 Å². The van der Waals surface area contributed by atoms with Gasteiger partial charge in [0.15, 0.2) is 0 Å². The molecule has 3 heteroatoms. The van der Waals surface area contributed by atoms with Crippen molar-refractivity contribution < 1.29 is 14.6 Å². The van der Waals surface area contributed by atoms with Gasteiger partial charge in [-0.25, -0.2) is 0 Å². The van der Waals surface area contributed by atoms with Crippen molar-refractivity contribution >= 4 is 5.97 Å². The lowest BCUT2D eigenvalue weighted by Gasteiger charge is -2.45. The number of rotatable bonds is 3. The van der Waals surface area contributed by atoms with Crippen molar-refractivity contribution in [3.05, 3.63) is 35.4 Å². The second-order valence-corrected chi connectivity index (χ2v) is 6.23. The molecule has 0 aromatic heterocycles. The minimum Gasteiger partial charge on any atom is -0.550 e. The Balaban J connectivity index is 2.39.